The lowest BCUT2D eigenvalue weighted by Crippen LogP contribution is -1.95. The number of rotatable bonds is 6. The van der Waals surface area contributed by atoms with Crippen molar-refractivity contribution in [1.29, 1.82) is 0 Å². The molecule has 108 valence electrons. The molecule has 0 aliphatic heterocycles. The Bertz CT molecular complexity index is 664. The van der Waals surface area contributed by atoms with E-state index in [0.29, 0.717) is 34.1 Å². The van der Waals surface area contributed by atoms with Crippen LogP contribution in [0.5, 0.6) is 23.0 Å². The van der Waals surface area contributed by atoms with E-state index in [-0.39, 0.29) is 0 Å². The van der Waals surface area contributed by atoms with Crippen molar-refractivity contribution in [3.05, 3.63) is 47.5 Å². The molecule has 0 radical (unpaired) electrons. The first-order chi connectivity index (χ1) is 10.2. The highest BCUT2D eigenvalue weighted by atomic mass is 16.5. The van der Waals surface area contributed by atoms with Crippen LogP contribution in [-0.2, 0) is 0 Å². The molecule has 5 heteroatoms. The van der Waals surface area contributed by atoms with Crippen LogP contribution in [0.2, 0.25) is 0 Å². The van der Waals surface area contributed by atoms with Crippen molar-refractivity contribution in [3.8, 4) is 23.0 Å². The molecular formula is C16H14O5. The molecule has 0 aliphatic carbocycles. The average Bonchev–Trinajstić information content (AvgIpc) is 2.55. The van der Waals surface area contributed by atoms with Crippen LogP contribution in [0.15, 0.2) is 36.4 Å². The fourth-order valence-corrected chi connectivity index (χ4v) is 1.81. The maximum atomic E-state index is 10.9. The van der Waals surface area contributed by atoms with Gasteiger partial charge in [0.05, 0.1) is 14.2 Å². The molecule has 2 aromatic rings. The molecule has 0 fully saturated rings. The zero-order valence-electron chi connectivity index (χ0n) is 11.7. The molecule has 2 rings (SSSR count). The highest BCUT2D eigenvalue weighted by molar-refractivity contribution is 5.77. The summed E-state index contributed by atoms with van der Waals surface area (Å²) in [6, 6.07) is 9.64. The van der Waals surface area contributed by atoms with Gasteiger partial charge in [-0.1, -0.05) is 0 Å². The molecular weight excluding hydrogens is 272 g/mol. The van der Waals surface area contributed by atoms with Crippen LogP contribution in [-0.4, -0.2) is 26.8 Å². The lowest BCUT2D eigenvalue weighted by atomic mass is 10.2. The maximum Gasteiger partial charge on any atom is 0.170 e. The fraction of sp³-hybridized carbons (Fsp3) is 0.125. The molecule has 0 amide bonds. The predicted octanol–water partition coefficient (Wildman–Crippen LogP) is 3.12. The summed E-state index contributed by atoms with van der Waals surface area (Å²) in [7, 11) is 2.99. The summed E-state index contributed by atoms with van der Waals surface area (Å²) in [5.74, 6) is 1.71. The van der Waals surface area contributed by atoms with Crippen LogP contribution in [0.1, 0.15) is 20.7 Å². The van der Waals surface area contributed by atoms with Gasteiger partial charge in [-0.05, 0) is 36.4 Å². The smallest absolute Gasteiger partial charge is 0.170 e. The molecule has 0 saturated carbocycles. The summed E-state index contributed by atoms with van der Waals surface area (Å²) in [4.78, 5) is 21.6. The Morgan fingerprint density at radius 2 is 1.24 bits per heavy atom. The topological polar surface area (TPSA) is 61.8 Å². The van der Waals surface area contributed by atoms with Crippen LogP contribution >= 0.6 is 0 Å². The lowest BCUT2D eigenvalue weighted by molar-refractivity contribution is 0.111. The SMILES string of the molecule is COc1cc(C=O)ccc1Oc1cc(C=O)ccc1OC. The maximum absolute atomic E-state index is 10.9. The Kier molecular flexibility index (Phi) is 4.56. The van der Waals surface area contributed by atoms with Gasteiger partial charge in [-0.3, -0.25) is 9.59 Å². The number of hydrogen-bond donors (Lipinski definition) is 0. The Balaban J connectivity index is 2.41. The summed E-state index contributed by atoms with van der Waals surface area (Å²) in [5.41, 5.74) is 0.946. The molecule has 0 atom stereocenters. The van der Waals surface area contributed by atoms with Crippen molar-refractivity contribution in [1.82, 2.24) is 0 Å². The van der Waals surface area contributed by atoms with Gasteiger partial charge in [0.25, 0.3) is 0 Å². The Morgan fingerprint density at radius 3 is 1.76 bits per heavy atom. The number of hydrogen-bond acceptors (Lipinski definition) is 5. The Morgan fingerprint density at radius 1 is 0.714 bits per heavy atom. The number of carbonyl (C=O) groups is 2. The van der Waals surface area contributed by atoms with Crippen molar-refractivity contribution >= 4 is 12.6 Å². The van der Waals surface area contributed by atoms with Crippen LogP contribution in [0.25, 0.3) is 0 Å². The zero-order valence-corrected chi connectivity index (χ0v) is 11.7. The molecule has 0 bridgehead atoms. The first-order valence-electron chi connectivity index (χ1n) is 6.16. The van der Waals surface area contributed by atoms with Crippen LogP contribution in [0, 0.1) is 0 Å². The minimum Gasteiger partial charge on any atom is -0.493 e. The summed E-state index contributed by atoms with van der Waals surface area (Å²) in [6.07, 6.45) is 1.44. The van der Waals surface area contributed by atoms with Crippen molar-refractivity contribution < 1.29 is 23.8 Å². The van der Waals surface area contributed by atoms with Crippen molar-refractivity contribution in [2.24, 2.45) is 0 Å². The molecule has 5 nitrogen and oxygen atoms in total. The van der Waals surface area contributed by atoms with Gasteiger partial charge in [-0.25, -0.2) is 0 Å². The number of carbonyl (C=O) groups excluding carboxylic acids is 2. The standard InChI is InChI=1S/C16H14O5/c1-19-13-5-3-12(10-18)8-16(13)21-14-6-4-11(9-17)7-15(14)20-2/h3-10H,1-2H3. The van der Waals surface area contributed by atoms with Gasteiger partial charge in [0.1, 0.15) is 12.6 Å². The molecule has 0 saturated heterocycles. The molecule has 21 heavy (non-hydrogen) atoms. The highest BCUT2D eigenvalue weighted by Gasteiger charge is 2.11. The number of ether oxygens (including phenoxy) is 3. The van der Waals surface area contributed by atoms with Crippen LogP contribution in [0.3, 0.4) is 0 Å². The molecule has 0 spiro atoms. The Hall–Kier alpha value is -2.82. The average molecular weight is 286 g/mol. The summed E-state index contributed by atoms with van der Waals surface area (Å²) in [6.45, 7) is 0. The van der Waals surface area contributed by atoms with Crippen LogP contribution < -0.4 is 14.2 Å². The van der Waals surface area contributed by atoms with Gasteiger partial charge in [0, 0.05) is 11.1 Å². The van der Waals surface area contributed by atoms with Crippen LogP contribution in [0.4, 0.5) is 0 Å². The first-order valence-corrected chi connectivity index (χ1v) is 6.16. The number of aldehydes is 2. The van der Waals surface area contributed by atoms with E-state index in [2.05, 4.69) is 0 Å². The first kappa shape index (κ1) is 14.6. The number of benzene rings is 2. The van der Waals surface area contributed by atoms with Crippen molar-refractivity contribution in [2.45, 2.75) is 0 Å². The van der Waals surface area contributed by atoms with E-state index in [0.717, 1.165) is 12.6 Å². The van der Waals surface area contributed by atoms with E-state index >= 15 is 0 Å². The molecule has 2 aromatic carbocycles. The monoisotopic (exact) mass is 286 g/mol. The van der Waals surface area contributed by atoms with Crippen molar-refractivity contribution in [2.75, 3.05) is 14.2 Å². The fourth-order valence-electron chi connectivity index (χ4n) is 1.81. The summed E-state index contributed by atoms with van der Waals surface area (Å²) < 4.78 is 16.1. The Labute approximate surface area is 122 Å². The predicted molar refractivity (Wildman–Crippen MR) is 76.8 cm³/mol. The molecule has 0 N–H and O–H groups in total. The molecule has 0 aromatic heterocycles. The third-order valence-electron chi connectivity index (χ3n) is 2.87. The highest BCUT2D eigenvalue weighted by Crippen LogP contribution is 2.37. The quantitative estimate of drug-likeness (QED) is 0.763. The van der Waals surface area contributed by atoms with E-state index < -0.39 is 0 Å². The van der Waals surface area contributed by atoms with Gasteiger partial charge < -0.3 is 14.2 Å². The van der Waals surface area contributed by atoms with E-state index in [1.54, 1.807) is 36.4 Å². The van der Waals surface area contributed by atoms with Gasteiger partial charge >= 0.3 is 0 Å². The minimum absolute atomic E-state index is 0.388. The second-order valence-electron chi connectivity index (χ2n) is 4.16. The largest absolute Gasteiger partial charge is 0.493 e. The second kappa shape index (κ2) is 6.56. The van der Waals surface area contributed by atoms with E-state index in [1.165, 1.54) is 14.2 Å². The van der Waals surface area contributed by atoms with Gasteiger partial charge in [0.2, 0.25) is 0 Å². The van der Waals surface area contributed by atoms with Crippen molar-refractivity contribution in [3.63, 3.8) is 0 Å². The lowest BCUT2D eigenvalue weighted by Gasteiger charge is -2.13. The normalized spacial score (nSPS) is 9.81. The summed E-state index contributed by atoms with van der Waals surface area (Å²) in [5, 5.41) is 0. The summed E-state index contributed by atoms with van der Waals surface area (Å²) >= 11 is 0. The van der Waals surface area contributed by atoms with Gasteiger partial charge in [-0.15, -0.1) is 0 Å². The van der Waals surface area contributed by atoms with Gasteiger partial charge in [0.15, 0.2) is 23.0 Å². The zero-order chi connectivity index (χ0) is 15.2. The number of methoxy groups -OCH3 is 2. The third-order valence-corrected chi connectivity index (χ3v) is 2.87. The molecule has 0 heterocycles. The van der Waals surface area contributed by atoms with E-state index in [9.17, 15) is 9.59 Å². The van der Waals surface area contributed by atoms with E-state index in [1.807, 2.05) is 0 Å². The molecule has 0 aliphatic rings. The van der Waals surface area contributed by atoms with Gasteiger partial charge in [-0.2, -0.15) is 0 Å². The minimum atomic E-state index is 0.388. The molecule has 0 unspecified atom stereocenters. The second-order valence-corrected chi connectivity index (χ2v) is 4.16. The third kappa shape index (κ3) is 3.20. The van der Waals surface area contributed by atoms with E-state index in [4.69, 9.17) is 14.2 Å².